The molecule has 1 aromatic rings. The number of pyridine rings is 1. The third-order valence-corrected chi connectivity index (χ3v) is 7.69. The molecule has 1 aromatic heterocycles. The van der Waals surface area contributed by atoms with Gasteiger partial charge in [-0.25, -0.2) is 0 Å². The van der Waals surface area contributed by atoms with Crippen molar-refractivity contribution in [3.05, 3.63) is 36.2 Å². The van der Waals surface area contributed by atoms with Crippen LogP contribution < -0.4 is 0 Å². The third kappa shape index (κ3) is 3.43. The van der Waals surface area contributed by atoms with E-state index in [4.69, 9.17) is 4.43 Å². The van der Waals surface area contributed by atoms with E-state index in [2.05, 4.69) is 38.8 Å². The fourth-order valence-corrected chi connectivity index (χ4v) is 2.27. The second-order valence-electron chi connectivity index (χ2n) is 5.73. The maximum absolute atomic E-state index is 6.28. The standard InChI is InChI=1S/C14H23NOSi/c1-7-13(12-10-8-9-11-15-12)16-17(5,6)14(2,3)4/h7-11H,1-6H3/b13-7-. The predicted octanol–water partition coefficient (Wildman–Crippen LogP) is 4.46. The van der Waals surface area contributed by atoms with E-state index in [1.165, 1.54) is 0 Å². The van der Waals surface area contributed by atoms with Crippen LogP contribution in [0.15, 0.2) is 30.5 Å². The Balaban J connectivity index is 2.94. The van der Waals surface area contributed by atoms with Crippen molar-refractivity contribution >= 4 is 14.1 Å². The monoisotopic (exact) mass is 249 g/mol. The topological polar surface area (TPSA) is 22.1 Å². The van der Waals surface area contributed by atoms with Crippen LogP contribution in [0.4, 0.5) is 0 Å². The summed E-state index contributed by atoms with van der Waals surface area (Å²) in [7, 11) is -1.78. The van der Waals surface area contributed by atoms with Gasteiger partial charge in [-0.1, -0.05) is 26.8 Å². The summed E-state index contributed by atoms with van der Waals surface area (Å²) < 4.78 is 6.28. The van der Waals surface area contributed by atoms with Crippen molar-refractivity contribution in [3.63, 3.8) is 0 Å². The molecule has 0 atom stereocenters. The molecule has 1 rings (SSSR count). The second kappa shape index (κ2) is 5.04. The molecule has 0 fully saturated rings. The molecule has 0 spiro atoms. The summed E-state index contributed by atoms with van der Waals surface area (Å²) in [6.45, 7) is 13.2. The molecule has 0 radical (unpaired) electrons. The third-order valence-electron chi connectivity index (χ3n) is 3.35. The fourth-order valence-electron chi connectivity index (χ4n) is 1.20. The van der Waals surface area contributed by atoms with E-state index in [0.29, 0.717) is 0 Å². The zero-order chi connectivity index (χ0) is 13.1. The summed E-state index contributed by atoms with van der Waals surface area (Å²) >= 11 is 0. The first kappa shape index (κ1) is 14.0. The molecule has 94 valence electrons. The molecule has 0 saturated heterocycles. The Morgan fingerprint density at radius 2 is 1.94 bits per heavy atom. The van der Waals surface area contributed by atoms with Crippen LogP contribution in [0.3, 0.4) is 0 Å². The Morgan fingerprint density at radius 1 is 1.29 bits per heavy atom. The van der Waals surface area contributed by atoms with Gasteiger partial charge >= 0.3 is 0 Å². The predicted molar refractivity (Wildman–Crippen MR) is 76.2 cm³/mol. The molecular formula is C14H23NOSi. The van der Waals surface area contributed by atoms with Crippen LogP contribution >= 0.6 is 0 Å². The molecule has 0 aromatic carbocycles. The van der Waals surface area contributed by atoms with Crippen LogP contribution in [0.5, 0.6) is 0 Å². The van der Waals surface area contributed by atoms with Crippen molar-refractivity contribution in [3.8, 4) is 0 Å². The van der Waals surface area contributed by atoms with E-state index in [1.54, 1.807) is 6.20 Å². The normalized spacial score (nSPS) is 13.6. The van der Waals surface area contributed by atoms with E-state index >= 15 is 0 Å². The highest BCUT2D eigenvalue weighted by atomic mass is 28.4. The average molecular weight is 249 g/mol. The van der Waals surface area contributed by atoms with E-state index < -0.39 is 8.32 Å². The molecular weight excluding hydrogens is 226 g/mol. The van der Waals surface area contributed by atoms with Crippen LogP contribution in [0.1, 0.15) is 33.4 Å². The Hall–Kier alpha value is -1.09. The van der Waals surface area contributed by atoms with Gasteiger partial charge in [0.1, 0.15) is 11.5 Å². The Labute approximate surface area is 106 Å². The van der Waals surface area contributed by atoms with Gasteiger partial charge in [-0.3, -0.25) is 4.98 Å². The highest BCUT2D eigenvalue weighted by Gasteiger charge is 2.39. The molecule has 0 amide bonds. The number of rotatable bonds is 3. The van der Waals surface area contributed by atoms with Gasteiger partial charge in [0.25, 0.3) is 8.32 Å². The zero-order valence-corrected chi connectivity index (χ0v) is 12.7. The summed E-state index contributed by atoms with van der Waals surface area (Å²) in [6, 6.07) is 5.90. The van der Waals surface area contributed by atoms with Gasteiger partial charge in [0.2, 0.25) is 0 Å². The van der Waals surface area contributed by atoms with Gasteiger partial charge in [0.15, 0.2) is 0 Å². The smallest absolute Gasteiger partial charge is 0.250 e. The number of aromatic nitrogens is 1. The molecule has 0 N–H and O–H groups in total. The molecule has 1 heterocycles. The highest BCUT2D eigenvalue weighted by Crippen LogP contribution is 2.39. The first-order valence-corrected chi connectivity index (χ1v) is 8.95. The Bertz CT molecular complexity index is 390. The van der Waals surface area contributed by atoms with Gasteiger partial charge in [-0.2, -0.15) is 0 Å². The summed E-state index contributed by atoms with van der Waals surface area (Å²) in [5, 5.41) is 0.204. The van der Waals surface area contributed by atoms with Crippen molar-refractivity contribution in [2.45, 2.75) is 45.8 Å². The van der Waals surface area contributed by atoms with Crippen molar-refractivity contribution in [1.82, 2.24) is 4.98 Å². The fraction of sp³-hybridized carbons (Fsp3) is 0.500. The quantitative estimate of drug-likeness (QED) is 0.582. The minimum Gasteiger partial charge on any atom is -0.542 e. The summed E-state index contributed by atoms with van der Waals surface area (Å²) in [6.07, 6.45) is 3.80. The summed E-state index contributed by atoms with van der Waals surface area (Å²) in [5.74, 6) is 0.900. The van der Waals surface area contributed by atoms with Gasteiger partial charge in [-0.05, 0) is 43.3 Å². The lowest BCUT2D eigenvalue weighted by atomic mass is 10.2. The molecule has 0 aliphatic carbocycles. The van der Waals surface area contributed by atoms with Crippen molar-refractivity contribution in [2.75, 3.05) is 0 Å². The number of hydrogen-bond donors (Lipinski definition) is 0. The molecule has 3 heteroatoms. The van der Waals surface area contributed by atoms with Crippen molar-refractivity contribution in [1.29, 1.82) is 0 Å². The highest BCUT2D eigenvalue weighted by molar-refractivity contribution is 6.74. The van der Waals surface area contributed by atoms with Gasteiger partial charge in [0.05, 0.1) is 0 Å². The summed E-state index contributed by atoms with van der Waals surface area (Å²) in [4.78, 5) is 4.35. The van der Waals surface area contributed by atoms with Crippen LogP contribution in [-0.2, 0) is 4.43 Å². The lowest BCUT2D eigenvalue weighted by Crippen LogP contribution is -2.40. The largest absolute Gasteiger partial charge is 0.542 e. The Morgan fingerprint density at radius 3 is 2.35 bits per heavy atom. The second-order valence-corrected chi connectivity index (χ2v) is 10.5. The molecule has 0 aliphatic heterocycles. The SMILES string of the molecule is C/C=C(\O[Si](C)(C)C(C)(C)C)c1ccccn1. The van der Waals surface area contributed by atoms with Crippen molar-refractivity contribution < 1.29 is 4.43 Å². The van der Waals surface area contributed by atoms with Gasteiger partial charge in [0, 0.05) is 6.20 Å². The minimum absolute atomic E-state index is 0.204. The molecule has 0 saturated carbocycles. The average Bonchev–Trinajstić information content (AvgIpc) is 2.25. The number of allylic oxidation sites excluding steroid dienone is 1. The molecule has 17 heavy (non-hydrogen) atoms. The minimum atomic E-state index is -1.78. The summed E-state index contributed by atoms with van der Waals surface area (Å²) in [5.41, 5.74) is 0.917. The van der Waals surface area contributed by atoms with Crippen LogP contribution in [0, 0.1) is 0 Å². The van der Waals surface area contributed by atoms with E-state index in [9.17, 15) is 0 Å². The molecule has 0 bridgehead atoms. The van der Waals surface area contributed by atoms with Crippen LogP contribution in [0.25, 0.3) is 5.76 Å². The number of hydrogen-bond acceptors (Lipinski definition) is 2. The molecule has 0 aliphatic rings. The van der Waals surface area contributed by atoms with Crippen LogP contribution in [-0.4, -0.2) is 13.3 Å². The lowest BCUT2D eigenvalue weighted by Gasteiger charge is -2.37. The number of nitrogens with zero attached hydrogens (tertiary/aromatic N) is 1. The Kier molecular flexibility index (Phi) is 4.15. The van der Waals surface area contributed by atoms with E-state index in [0.717, 1.165) is 11.5 Å². The van der Waals surface area contributed by atoms with Crippen LogP contribution in [0.2, 0.25) is 18.1 Å². The maximum Gasteiger partial charge on any atom is 0.250 e. The first-order chi connectivity index (χ1) is 7.78. The van der Waals surface area contributed by atoms with Gasteiger partial charge in [-0.15, -0.1) is 0 Å². The lowest BCUT2D eigenvalue weighted by molar-refractivity contribution is 0.455. The molecule has 2 nitrogen and oxygen atoms in total. The van der Waals surface area contributed by atoms with E-state index in [-0.39, 0.29) is 5.04 Å². The van der Waals surface area contributed by atoms with E-state index in [1.807, 2.05) is 31.2 Å². The molecule has 0 unspecified atom stereocenters. The first-order valence-electron chi connectivity index (χ1n) is 6.04. The van der Waals surface area contributed by atoms with Crippen molar-refractivity contribution in [2.24, 2.45) is 0 Å². The van der Waals surface area contributed by atoms with Gasteiger partial charge < -0.3 is 4.43 Å². The zero-order valence-electron chi connectivity index (χ0n) is 11.7. The maximum atomic E-state index is 6.28.